The molecule has 0 fully saturated rings. The Hall–Kier alpha value is -2.63. The largest absolute Gasteiger partial charge is 0.507 e. The number of benzene rings is 1. The maximum absolute atomic E-state index is 12.2. The zero-order chi connectivity index (χ0) is 14.2. The second-order valence-corrected chi connectivity index (χ2v) is 3.85. The molecule has 0 spiro atoms. The standard InChI is InChI=1S/C13H10O6/c1-6-10(13(17)18-2)11(16)7-3-4-9(15)8(5-14)12(7)19-6/h3-5,15H,1-2H3. The van der Waals surface area contributed by atoms with Crippen LogP contribution in [0.25, 0.3) is 11.0 Å². The molecule has 1 N–H and O–H groups in total. The van der Waals surface area contributed by atoms with Crippen molar-refractivity contribution in [2.75, 3.05) is 7.11 Å². The number of rotatable bonds is 2. The van der Waals surface area contributed by atoms with E-state index in [1.807, 2.05) is 0 Å². The highest BCUT2D eigenvalue weighted by Gasteiger charge is 2.21. The van der Waals surface area contributed by atoms with E-state index in [-0.39, 0.29) is 33.6 Å². The number of aryl methyl sites for hydroxylation is 1. The number of esters is 1. The molecule has 0 radical (unpaired) electrons. The summed E-state index contributed by atoms with van der Waals surface area (Å²) in [5.41, 5.74) is -1.01. The Morgan fingerprint density at radius 3 is 2.68 bits per heavy atom. The van der Waals surface area contributed by atoms with Gasteiger partial charge in [-0.05, 0) is 19.1 Å². The van der Waals surface area contributed by atoms with Gasteiger partial charge >= 0.3 is 5.97 Å². The summed E-state index contributed by atoms with van der Waals surface area (Å²) in [7, 11) is 1.15. The number of hydrogen-bond acceptors (Lipinski definition) is 6. The molecule has 0 aliphatic carbocycles. The molecule has 0 saturated carbocycles. The second-order valence-electron chi connectivity index (χ2n) is 3.85. The molecule has 6 nitrogen and oxygen atoms in total. The lowest BCUT2D eigenvalue weighted by molar-refractivity contribution is 0.0595. The van der Waals surface area contributed by atoms with E-state index in [1.54, 1.807) is 0 Å². The highest BCUT2D eigenvalue weighted by Crippen LogP contribution is 2.25. The van der Waals surface area contributed by atoms with Crippen LogP contribution in [0.15, 0.2) is 21.3 Å². The molecular weight excluding hydrogens is 252 g/mol. The Morgan fingerprint density at radius 1 is 1.42 bits per heavy atom. The van der Waals surface area contributed by atoms with Gasteiger partial charge in [0.2, 0.25) is 5.43 Å². The van der Waals surface area contributed by atoms with E-state index in [4.69, 9.17) is 4.42 Å². The van der Waals surface area contributed by atoms with Crippen LogP contribution in [0.5, 0.6) is 5.75 Å². The number of phenolic OH excluding ortho intramolecular Hbond substituents is 1. The van der Waals surface area contributed by atoms with Crippen molar-refractivity contribution in [2.24, 2.45) is 0 Å². The molecule has 0 aliphatic rings. The van der Waals surface area contributed by atoms with Crippen molar-refractivity contribution < 1.29 is 23.8 Å². The highest BCUT2D eigenvalue weighted by molar-refractivity contribution is 6.00. The summed E-state index contributed by atoms with van der Waals surface area (Å²) >= 11 is 0. The van der Waals surface area contributed by atoms with Gasteiger partial charge < -0.3 is 14.3 Å². The van der Waals surface area contributed by atoms with E-state index in [0.29, 0.717) is 6.29 Å². The summed E-state index contributed by atoms with van der Waals surface area (Å²) < 4.78 is 9.82. The maximum Gasteiger partial charge on any atom is 0.345 e. The number of carbonyl (C=O) groups is 2. The van der Waals surface area contributed by atoms with Gasteiger partial charge in [-0.1, -0.05) is 0 Å². The lowest BCUT2D eigenvalue weighted by Crippen LogP contribution is -2.18. The predicted molar refractivity (Wildman–Crippen MR) is 65.6 cm³/mol. The molecule has 0 aliphatic heterocycles. The third-order valence-electron chi connectivity index (χ3n) is 2.76. The Labute approximate surface area is 107 Å². The van der Waals surface area contributed by atoms with Crippen LogP contribution in [0, 0.1) is 6.92 Å². The van der Waals surface area contributed by atoms with Gasteiger partial charge in [-0.15, -0.1) is 0 Å². The topological polar surface area (TPSA) is 93.8 Å². The molecule has 0 unspecified atom stereocenters. The summed E-state index contributed by atoms with van der Waals surface area (Å²) in [4.78, 5) is 34.6. The lowest BCUT2D eigenvalue weighted by Gasteiger charge is -2.07. The van der Waals surface area contributed by atoms with Crippen LogP contribution in [0.3, 0.4) is 0 Å². The van der Waals surface area contributed by atoms with Gasteiger partial charge in [0.1, 0.15) is 17.1 Å². The van der Waals surface area contributed by atoms with Crippen molar-refractivity contribution in [1.29, 1.82) is 0 Å². The quantitative estimate of drug-likeness (QED) is 0.649. The smallest absolute Gasteiger partial charge is 0.345 e. The Balaban J connectivity index is 2.96. The molecule has 0 atom stereocenters. The SMILES string of the molecule is COC(=O)c1c(C)oc2c(C=O)c(O)ccc2c1=O. The van der Waals surface area contributed by atoms with Crippen LogP contribution in [-0.4, -0.2) is 24.5 Å². The summed E-state index contributed by atoms with van der Waals surface area (Å²) in [5, 5.41) is 9.56. The summed E-state index contributed by atoms with van der Waals surface area (Å²) in [5.74, 6) is -1.08. The first kappa shape index (κ1) is 12.8. The van der Waals surface area contributed by atoms with Crippen molar-refractivity contribution in [2.45, 2.75) is 6.92 Å². The van der Waals surface area contributed by atoms with Crippen molar-refractivity contribution in [1.82, 2.24) is 0 Å². The molecular formula is C13H10O6. The first-order chi connectivity index (χ1) is 9.01. The second kappa shape index (κ2) is 4.56. The van der Waals surface area contributed by atoms with Crippen LogP contribution in [0.1, 0.15) is 26.5 Å². The van der Waals surface area contributed by atoms with Gasteiger partial charge in [-0.25, -0.2) is 4.79 Å². The number of methoxy groups -OCH3 is 1. The van der Waals surface area contributed by atoms with Crippen molar-refractivity contribution in [3.05, 3.63) is 39.2 Å². The van der Waals surface area contributed by atoms with Gasteiger partial charge in [0.15, 0.2) is 11.9 Å². The fourth-order valence-corrected chi connectivity index (χ4v) is 1.83. The molecule has 1 aromatic carbocycles. The third kappa shape index (κ3) is 1.87. The summed E-state index contributed by atoms with van der Waals surface area (Å²) in [6.45, 7) is 1.41. The zero-order valence-electron chi connectivity index (χ0n) is 10.2. The van der Waals surface area contributed by atoms with Crippen LogP contribution >= 0.6 is 0 Å². The molecule has 19 heavy (non-hydrogen) atoms. The number of carbonyl (C=O) groups excluding carboxylic acids is 2. The van der Waals surface area contributed by atoms with E-state index in [1.165, 1.54) is 19.1 Å². The molecule has 0 amide bonds. The first-order valence-corrected chi connectivity index (χ1v) is 5.34. The average molecular weight is 262 g/mol. The van der Waals surface area contributed by atoms with E-state index < -0.39 is 11.4 Å². The minimum absolute atomic E-state index is 0.0260. The zero-order valence-corrected chi connectivity index (χ0v) is 10.2. The number of hydrogen-bond donors (Lipinski definition) is 1. The maximum atomic E-state index is 12.2. The summed E-state index contributed by atoms with van der Waals surface area (Å²) in [6, 6.07) is 2.48. The van der Waals surface area contributed by atoms with Gasteiger partial charge in [0.25, 0.3) is 0 Å². The van der Waals surface area contributed by atoms with Gasteiger partial charge in [-0.3, -0.25) is 9.59 Å². The molecule has 98 valence electrons. The van der Waals surface area contributed by atoms with Crippen molar-refractivity contribution in [3.8, 4) is 5.75 Å². The van der Waals surface area contributed by atoms with Crippen LogP contribution in [0.4, 0.5) is 0 Å². The monoisotopic (exact) mass is 262 g/mol. The molecule has 1 aromatic heterocycles. The van der Waals surface area contributed by atoms with Crippen LogP contribution in [0.2, 0.25) is 0 Å². The highest BCUT2D eigenvalue weighted by atomic mass is 16.5. The van der Waals surface area contributed by atoms with Gasteiger partial charge in [0, 0.05) is 0 Å². The summed E-state index contributed by atoms with van der Waals surface area (Å²) in [6.07, 6.45) is 0.387. The molecule has 2 aromatic rings. The normalized spacial score (nSPS) is 10.4. The van der Waals surface area contributed by atoms with Crippen molar-refractivity contribution in [3.63, 3.8) is 0 Å². The Morgan fingerprint density at radius 2 is 2.11 bits per heavy atom. The van der Waals surface area contributed by atoms with E-state index in [2.05, 4.69) is 4.74 Å². The predicted octanol–water partition coefficient (Wildman–Crippen LogP) is 1.41. The first-order valence-electron chi connectivity index (χ1n) is 5.34. The van der Waals surface area contributed by atoms with Crippen molar-refractivity contribution >= 4 is 23.2 Å². The van der Waals surface area contributed by atoms with Gasteiger partial charge in [0.05, 0.1) is 18.1 Å². The minimum atomic E-state index is -0.811. The molecule has 0 saturated heterocycles. The van der Waals surface area contributed by atoms with E-state index in [0.717, 1.165) is 7.11 Å². The Kier molecular flexibility index (Phi) is 3.08. The lowest BCUT2D eigenvalue weighted by atomic mass is 10.1. The molecule has 6 heteroatoms. The average Bonchev–Trinajstić information content (AvgIpc) is 2.38. The number of fused-ring (bicyclic) bond motifs is 1. The van der Waals surface area contributed by atoms with E-state index in [9.17, 15) is 19.5 Å². The molecule has 2 rings (SSSR count). The number of ether oxygens (including phenoxy) is 1. The fraction of sp³-hybridized carbons (Fsp3) is 0.154. The number of aldehydes is 1. The van der Waals surface area contributed by atoms with E-state index >= 15 is 0 Å². The molecule has 1 heterocycles. The molecule has 0 bridgehead atoms. The Bertz CT molecular complexity index is 741. The number of aromatic hydroxyl groups is 1. The third-order valence-corrected chi connectivity index (χ3v) is 2.76. The number of phenols is 1. The fourth-order valence-electron chi connectivity index (χ4n) is 1.83. The minimum Gasteiger partial charge on any atom is -0.507 e. The van der Waals surface area contributed by atoms with Crippen LogP contribution in [-0.2, 0) is 4.74 Å². The van der Waals surface area contributed by atoms with Crippen LogP contribution < -0.4 is 5.43 Å². The van der Waals surface area contributed by atoms with Gasteiger partial charge in [-0.2, -0.15) is 0 Å².